The molecule has 0 aromatic heterocycles. The summed E-state index contributed by atoms with van der Waals surface area (Å²) in [6.07, 6.45) is -0.109. The molecule has 15 nitrogen and oxygen atoms in total. The number of primary amides is 1. The van der Waals surface area contributed by atoms with Gasteiger partial charge >= 0.3 is 11.9 Å². The third kappa shape index (κ3) is 13.0. The van der Waals surface area contributed by atoms with Gasteiger partial charge in [0.2, 0.25) is 23.6 Å². The zero-order valence-electron chi connectivity index (χ0n) is 22.0. The van der Waals surface area contributed by atoms with Crippen molar-refractivity contribution in [2.75, 3.05) is 6.54 Å². The number of nitrogens with two attached hydrogens (primary N) is 3. The molecule has 40 heavy (non-hydrogen) atoms. The summed E-state index contributed by atoms with van der Waals surface area (Å²) in [5.41, 5.74) is 16.9. The van der Waals surface area contributed by atoms with Crippen LogP contribution in [-0.4, -0.2) is 81.6 Å². The van der Waals surface area contributed by atoms with Crippen LogP contribution in [0.15, 0.2) is 24.3 Å². The Hall–Kier alpha value is -4.24. The third-order valence-corrected chi connectivity index (χ3v) is 5.89. The second kappa shape index (κ2) is 17.4. The van der Waals surface area contributed by atoms with E-state index < -0.39 is 59.7 Å². The first kappa shape index (κ1) is 33.8. The minimum Gasteiger partial charge on any atom is -0.508 e. The number of carboxylic acids is 2. The predicted octanol–water partition coefficient (Wildman–Crippen LogP) is -1.94. The molecule has 0 saturated heterocycles. The van der Waals surface area contributed by atoms with Crippen LogP contribution in [0.4, 0.5) is 0 Å². The van der Waals surface area contributed by atoms with Gasteiger partial charge in [-0.05, 0) is 56.3 Å². The maximum absolute atomic E-state index is 13.3. The van der Waals surface area contributed by atoms with E-state index in [1.54, 1.807) is 0 Å². The highest BCUT2D eigenvalue weighted by Gasteiger charge is 2.30. The van der Waals surface area contributed by atoms with Crippen LogP contribution in [0.3, 0.4) is 0 Å². The van der Waals surface area contributed by atoms with E-state index in [9.17, 15) is 39.0 Å². The van der Waals surface area contributed by atoms with Crippen molar-refractivity contribution in [3.63, 3.8) is 0 Å². The molecule has 0 heterocycles. The molecule has 0 bridgehead atoms. The number of phenolic OH excluding ortho intramolecular Hbond substituents is 1. The molecule has 4 atom stereocenters. The van der Waals surface area contributed by atoms with Crippen molar-refractivity contribution in [1.82, 2.24) is 16.0 Å². The van der Waals surface area contributed by atoms with Crippen molar-refractivity contribution < 1.29 is 44.1 Å². The van der Waals surface area contributed by atoms with Gasteiger partial charge in [-0.1, -0.05) is 12.1 Å². The number of amides is 4. The molecule has 4 unspecified atom stereocenters. The Bertz CT molecular complexity index is 1030. The fourth-order valence-electron chi connectivity index (χ4n) is 3.62. The summed E-state index contributed by atoms with van der Waals surface area (Å²) in [5, 5.41) is 35.2. The van der Waals surface area contributed by atoms with E-state index in [-0.39, 0.29) is 44.3 Å². The second-order valence-electron chi connectivity index (χ2n) is 9.22. The maximum atomic E-state index is 13.3. The number of hydrogen-bond donors (Lipinski definition) is 9. The molecule has 0 aliphatic rings. The van der Waals surface area contributed by atoms with Crippen molar-refractivity contribution in [3.8, 4) is 5.75 Å². The molecule has 0 saturated carbocycles. The summed E-state index contributed by atoms with van der Waals surface area (Å²) in [7, 11) is 0. The molecule has 15 heteroatoms. The van der Waals surface area contributed by atoms with Gasteiger partial charge in [0, 0.05) is 19.3 Å². The smallest absolute Gasteiger partial charge is 0.326 e. The number of phenols is 1. The van der Waals surface area contributed by atoms with E-state index in [1.165, 1.54) is 24.3 Å². The van der Waals surface area contributed by atoms with Crippen LogP contribution in [0.2, 0.25) is 0 Å². The summed E-state index contributed by atoms with van der Waals surface area (Å²) in [5.74, 6) is -5.74. The zero-order valence-corrected chi connectivity index (χ0v) is 22.0. The van der Waals surface area contributed by atoms with Gasteiger partial charge in [-0.2, -0.15) is 0 Å². The summed E-state index contributed by atoms with van der Waals surface area (Å²) >= 11 is 0. The van der Waals surface area contributed by atoms with E-state index in [2.05, 4.69) is 16.0 Å². The molecule has 0 radical (unpaired) electrons. The number of nitrogens with one attached hydrogen (secondary N) is 3. The van der Waals surface area contributed by atoms with Gasteiger partial charge in [-0.25, -0.2) is 4.79 Å². The summed E-state index contributed by atoms with van der Waals surface area (Å²) < 4.78 is 0. The molecule has 1 rings (SSSR count). The van der Waals surface area contributed by atoms with E-state index in [0.29, 0.717) is 24.9 Å². The van der Waals surface area contributed by atoms with Crippen molar-refractivity contribution in [3.05, 3.63) is 29.8 Å². The van der Waals surface area contributed by atoms with E-state index >= 15 is 0 Å². The SMILES string of the molecule is NCCCCC(NC(=O)C(N)CCC(=O)O)C(=O)NC(Cc1ccc(O)cc1)C(=O)NC(CCC(N)=O)C(=O)O. The number of hydrogen-bond acceptors (Lipinski definition) is 9. The number of carbonyl (C=O) groups excluding carboxylic acids is 4. The lowest BCUT2D eigenvalue weighted by Crippen LogP contribution is -2.57. The Balaban J connectivity index is 3.14. The van der Waals surface area contributed by atoms with Gasteiger partial charge in [0.15, 0.2) is 0 Å². The summed E-state index contributed by atoms with van der Waals surface area (Å²) in [6.45, 7) is 0.328. The van der Waals surface area contributed by atoms with Gasteiger partial charge < -0.3 is 48.5 Å². The standard InChI is InChI=1S/C25H38N6O9/c26-12-2-1-3-17(29-22(36)16(27)8-11-21(34)35)23(37)31-19(13-14-4-6-15(32)7-5-14)24(38)30-18(25(39)40)9-10-20(28)33/h4-7,16-19,32H,1-3,8-13,26-27H2,(H2,28,33)(H,29,36)(H,30,38)(H,31,37)(H,34,35)(H,39,40). The van der Waals surface area contributed by atoms with Crippen LogP contribution < -0.4 is 33.2 Å². The normalized spacial score (nSPS) is 13.8. The van der Waals surface area contributed by atoms with E-state index in [4.69, 9.17) is 22.3 Å². The maximum Gasteiger partial charge on any atom is 0.326 e. The predicted molar refractivity (Wildman–Crippen MR) is 141 cm³/mol. The number of carbonyl (C=O) groups is 6. The van der Waals surface area contributed by atoms with Crippen LogP contribution in [0.1, 0.15) is 50.5 Å². The Morgan fingerprint density at radius 1 is 0.750 bits per heavy atom. The minimum atomic E-state index is -1.47. The quantitative estimate of drug-likeness (QED) is 0.0830. The molecule has 1 aromatic rings. The number of aromatic hydroxyl groups is 1. The molecule has 0 fully saturated rings. The monoisotopic (exact) mass is 566 g/mol. The summed E-state index contributed by atoms with van der Waals surface area (Å²) in [4.78, 5) is 72.5. The Labute approximate surface area is 230 Å². The molecule has 222 valence electrons. The van der Waals surface area contributed by atoms with Gasteiger partial charge in [0.1, 0.15) is 23.9 Å². The fraction of sp³-hybridized carbons (Fsp3) is 0.520. The van der Waals surface area contributed by atoms with Gasteiger partial charge in [0.25, 0.3) is 0 Å². The van der Waals surface area contributed by atoms with Crippen molar-refractivity contribution >= 4 is 35.6 Å². The van der Waals surface area contributed by atoms with Gasteiger partial charge in [-0.15, -0.1) is 0 Å². The first-order valence-corrected chi connectivity index (χ1v) is 12.7. The third-order valence-electron chi connectivity index (χ3n) is 5.89. The average molecular weight is 567 g/mol. The van der Waals surface area contributed by atoms with Crippen LogP contribution in [0.5, 0.6) is 5.75 Å². The van der Waals surface area contributed by atoms with Gasteiger partial charge in [-0.3, -0.25) is 24.0 Å². The van der Waals surface area contributed by atoms with Crippen molar-refractivity contribution in [1.29, 1.82) is 0 Å². The largest absolute Gasteiger partial charge is 0.508 e. The highest BCUT2D eigenvalue weighted by Crippen LogP contribution is 2.13. The highest BCUT2D eigenvalue weighted by molar-refractivity contribution is 5.94. The molecule has 0 spiro atoms. The number of carboxylic acid groups (broad SMARTS) is 2. The lowest BCUT2D eigenvalue weighted by Gasteiger charge is -2.25. The summed E-state index contributed by atoms with van der Waals surface area (Å²) in [6, 6.07) is 0.611. The fourth-order valence-corrected chi connectivity index (χ4v) is 3.62. The number of benzene rings is 1. The first-order valence-electron chi connectivity index (χ1n) is 12.7. The number of rotatable bonds is 19. The molecular formula is C25H38N6O9. The van der Waals surface area contributed by atoms with E-state index in [1.807, 2.05) is 0 Å². The Kier molecular flexibility index (Phi) is 14.7. The molecule has 0 aliphatic carbocycles. The van der Waals surface area contributed by atoms with Crippen LogP contribution in [-0.2, 0) is 35.2 Å². The van der Waals surface area contributed by atoms with Crippen LogP contribution >= 0.6 is 0 Å². The zero-order chi connectivity index (χ0) is 30.2. The number of unbranched alkanes of at least 4 members (excludes halogenated alkanes) is 1. The Morgan fingerprint density at radius 3 is 1.88 bits per heavy atom. The van der Waals surface area contributed by atoms with E-state index in [0.717, 1.165) is 0 Å². The van der Waals surface area contributed by atoms with Crippen LogP contribution in [0.25, 0.3) is 0 Å². The second-order valence-corrected chi connectivity index (χ2v) is 9.22. The number of aliphatic carboxylic acids is 2. The lowest BCUT2D eigenvalue weighted by atomic mass is 10.0. The topological polar surface area (TPSA) is 277 Å². The molecule has 4 amide bonds. The van der Waals surface area contributed by atoms with Crippen molar-refractivity contribution in [2.45, 2.75) is 75.5 Å². The molecule has 12 N–H and O–H groups in total. The first-order chi connectivity index (χ1) is 18.8. The highest BCUT2D eigenvalue weighted by atomic mass is 16.4. The average Bonchev–Trinajstić information content (AvgIpc) is 2.89. The van der Waals surface area contributed by atoms with Gasteiger partial charge in [0.05, 0.1) is 6.04 Å². The lowest BCUT2D eigenvalue weighted by molar-refractivity contribution is -0.142. The van der Waals surface area contributed by atoms with Crippen LogP contribution in [0, 0.1) is 0 Å². The molecular weight excluding hydrogens is 528 g/mol. The Morgan fingerprint density at radius 2 is 1.32 bits per heavy atom. The van der Waals surface area contributed by atoms with Crippen molar-refractivity contribution in [2.24, 2.45) is 17.2 Å². The molecule has 0 aliphatic heterocycles. The molecule has 1 aromatic carbocycles. The minimum absolute atomic E-state index is 0.0342.